The zero-order chi connectivity index (χ0) is 17.6. The molecule has 25 heavy (non-hydrogen) atoms. The second-order valence-electron chi connectivity index (χ2n) is 6.21. The third-order valence-electron chi connectivity index (χ3n) is 4.56. The van der Waals surface area contributed by atoms with Crippen molar-refractivity contribution >= 4 is 17.7 Å². The molecule has 0 aliphatic carbocycles. The molecule has 0 atom stereocenters. The van der Waals surface area contributed by atoms with Gasteiger partial charge in [0, 0.05) is 52.4 Å². The van der Waals surface area contributed by atoms with E-state index in [2.05, 4.69) is 46.0 Å². The highest BCUT2D eigenvalue weighted by Crippen LogP contribution is 2.18. The molecule has 132 valence electrons. The first-order chi connectivity index (χ1) is 12.2. The number of carbonyl (C=O) groups is 1. The van der Waals surface area contributed by atoms with Gasteiger partial charge >= 0.3 is 0 Å². The molecule has 6 heteroatoms. The van der Waals surface area contributed by atoms with Crippen LogP contribution in [-0.4, -0.2) is 53.5 Å². The molecule has 0 radical (unpaired) electrons. The molecule has 1 aliphatic rings. The molecule has 1 fully saturated rings. The van der Waals surface area contributed by atoms with Crippen LogP contribution in [0.2, 0.25) is 0 Å². The molecule has 2 heterocycles. The molecule has 6 nitrogen and oxygen atoms in total. The molecule has 0 spiro atoms. The lowest BCUT2D eigenvalue weighted by Crippen LogP contribution is -2.48. The van der Waals surface area contributed by atoms with Crippen LogP contribution in [-0.2, 0) is 11.3 Å². The van der Waals surface area contributed by atoms with E-state index in [0.29, 0.717) is 0 Å². The van der Waals surface area contributed by atoms with Crippen LogP contribution in [0.5, 0.6) is 0 Å². The molecule has 0 saturated carbocycles. The average Bonchev–Trinajstić information content (AvgIpc) is 2.67. The molecule has 1 amide bonds. The predicted octanol–water partition coefficient (Wildman–Crippen LogP) is 2.17. The third-order valence-corrected chi connectivity index (χ3v) is 4.56. The number of nitrogens with zero attached hydrogens (tertiary/aromatic N) is 5. The molecule has 2 aromatic rings. The van der Waals surface area contributed by atoms with Crippen LogP contribution in [0.25, 0.3) is 0 Å². The van der Waals surface area contributed by atoms with Crippen LogP contribution in [0.4, 0.5) is 11.8 Å². The molecule has 1 aromatic carbocycles. The number of aromatic nitrogens is 2. The van der Waals surface area contributed by atoms with Gasteiger partial charge in [0.2, 0.25) is 11.9 Å². The van der Waals surface area contributed by atoms with Crippen LogP contribution in [0.15, 0.2) is 42.6 Å². The van der Waals surface area contributed by atoms with Crippen molar-refractivity contribution in [2.45, 2.75) is 20.4 Å². The maximum atomic E-state index is 11.5. The quantitative estimate of drug-likeness (QED) is 0.836. The van der Waals surface area contributed by atoms with Crippen molar-refractivity contribution in [1.82, 2.24) is 14.9 Å². The first-order valence-corrected chi connectivity index (χ1v) is 8.79. The highest BCUT2D eigenvalue weighted by molar-refractivity contribution is 5.73. The average molecular weight is 339 g/mol. The number of amides is 1. The Hall–Kier alpha value is -2.63. The summed E-state index contributed by atoms with van der Waals surface area (Å²) in [6.45, 7) is 8.48. The van der Waals surface area contributed by atoms with Crippen molar-refractivity contribution < 1.29 is 4.79 Å². The number of piperazine rings is 1. The Morgan fingerprint density at radius 3 is 2.48 bits per heavy atom. The van der Waals surface area contributed by atoms with Crippen molar-refractivity contribution in [3.8, 4) is 0 Å². The summed E-state index contributed by atoms with van der Waals surface area (Å²) in [5.74, 6) is 1.82. The summed E-state index contributed by atoms with van der Waals surface area (Å²) in [4.78, 5) is 27.0. The zero-order valence-electron chi connectivity index (χ0n) is 14.9. The van der Waals surface area contributed by atoms with E-state index in [1.165, 1.54) is 5.56 Å². The Bertz CT molecular complexity index is 698. The minimum Gasteiger partial charge on any atom is -0.353 e. The van der Waals surface area contributed by atoms with Gasteiger partial charge in [0.1, 0.15) is 5.82 Å². The summed E-state index contributed by atoms with van der Waals surface area (Å²) in [5.41, 5.74) is 1.24. The molecular weight excluding hydrogens is 314 g/mol. The predicted molar refractivity (Wildman–Crippen MR) is 99.7 cm³/mol. The summed E-state index contributed by atoms with van der Waals surface area (Å²) in [6, 6.07) is 12.3. The number of benzene rings is 1. The normalized spacial score (nSPS) is 14.5. The standard InChI is InChI=1S/C19H25N5O/c1-3-22(15-17-7-5-4-6-8-17)19-20-10-9-18(21-19)24-13-11-23(12-14-24)16(2)25/h4-10H,3,11-15H2,1-2H3. The Morgan fingerprint density at radius 1 is 1.12 bits per heavy atom. The topological polar surface area (TPSA) is 52.6 Å². The molecule has 0 unspecified atom stereocenters. The minimum atomic E-state index is 0.142. The molecule has 3 rings (SSSR count). The fraction of sp³-hybridized carbons (Fsp3) is 0.421. The van der Waals surface area contributed by atoms with Gasteiger partial charge in [-0.25, -0.2) is 4.98 Å². The smallest absolute Gasteiger partial charge is 0.227 e. The van der Waals surface area contributed by atoms with Crippen LogP contribution < -0.4 is 9.80 Å². The van der Waals surface area contributed by atoms with E-state index >= 15 is 0 Å². The maximum absolute atomic E-state index is 11.5. The largest absolute Gasteiger partial charge is 0.353 e. The molecular formula is C19H25N5O. The van der Waals surface area contributed by atoms with Crippen molar-refractivity contribution in [2.24, 2.45) is 0 Å². The van der Waals surface area contributed by atoms with Gasteiger partial charge in [-0.3, -0.25) is 4.79 Å². The van der Waals surface area contributed by atoms with Crippen LogP contribution in [0.1, 0.15) is 19.4 Å². The molecule has 0 N–H and O–H groups in total. The molecule has 1 saturated heterocycles. The van der Waals surface area contributed by atoms with E-state index in [1.54, 1.807) is 6.92 Å². The second kappa shape index (κ2) is 7.96. The summed E-state index contributed by atoms with van der Waals surface area (Å²) in [6.07, 6.45) is 1.82. The van der Waals surface area contributed by atoms with Crippen LogP contribution in [0, 0.1) is 0 Å². The second-order valence-corrected chi connectivity index (χ2v) is 6.21. The van der Waals surface area contributed by atoms with E-state index < -0.39 is 0 Å². The fourth-order valence-corrected chi connectivity index (χ4v) is 3.05. The first kappa shape index (κ1) is 17.2. The fourth-order valence-electron chi connectivity index (χ4n) is 3.05. The monoisotopic (exact) mass is 339 g/mol. The van der Waals surface area contributed by atoms with Gasteiger partial charge < -0.3 is 14.7 Å². The van der Waals surface area contributed by atoms with Gasteiger partial charge in [0.05, 0.1) is 0 Å². The minimum absolute atomic E-state index is 0.142. The van der Waals surface area contributed by atoms with Crippen LogP contribution in [0.3, 0.4) is 0 Å². The van der Waals surface area contributed by atoms with Crippen LogP contribution >= 0.6 is 0 Å². The molecule has 1 aromatic heterocycles. The third kappa shape index (κ3) is 4.26. The van der Waals surface area contributed by atoms with Gasteiger partial charge in [-0.1, -0.05) is 30.3 Å². The van der Waals surface area contributed by atoms with Crippen molar-refractivity contribution in [2.75, 3.05) is 42.5 Å². The van der Waals surface area contributed by atoms with E-state index in [-0.39, 0.29) is 5.91 Å². The Morgan fingerprint density at radius 2 is 1.84 bits per heavy atom. The number of anilines is 2. The highest BCUT2D eigenvalue weighted by Gasteiger charge is 2.20. The van der Waals surface area contributed by atoms with E-state index in [9.17, 15) is 4.79 Å². The summed E-state index contributed by atoms with van der Waals surface area (Å²) >= 11 is 0. The Labute approximate surface area is 149 Å². The Kier molecular flexibility index (Phi) is 5.48. The van der Waals surface area contributed by atoms with E-state index in [1.807, 2.05) is 23.2 Å². The van der Waals surface area contributed by atoms with Gasteiger partial charge in [-0.05, 0) is 18.6 Å². The number of rotatable bonds is 5. The van der Waals surface area contributed by atoms with Gasteiger partial charge in [0.25, 0.3) is 0 Å². The van der Waals surface area contributed by atoms with Crippen molar-refractivity contribution in [1.29, 1.82) is 0 Å². The number of hydrogen-bond donors (Lipinski definition) is 0. The SMILES string of the molecule is CCN(Cc1ccccc1)c1nccc(N2CCN(C(C)=O)CC2)n1. The van der Waals surface area contributed by atoms with E-state index in [0.717, 1.165) is 51.0 Å². The van der Waals surface area contributed by atoms with E-state index in [4.69, 9.17) is 4.98 Å². The number of hydrogen-bond acceptors (Lipinski definition) is 5. The first-order valence-electron chi connectivity index (χ1n) is 8.79. The lowest BCUT2D eigenvalue weighted by atomic mass is 10.2. The maximum Gasteiger partial charge on any atom is 0.227 e. The van der Waals surface area contributed by atoms with Gasteiger partial charge in [0.15, 0.2) is 0 Å². The lowest BCUT2D eigenvalue weighted by Gasteiger charge is -2.35. The Balaban J connectivity index is 1.71. The summed E-state index contributed by atoms with van der Waals surface area (Å²) < 4.78 is 0. The zero-order valence-corrected chi connectivity index (χ0v) is 14.9. The van der Waals surface area contributed by atoms with Gasteiger partial charge in [-0.2, -0.15) is 4.98 Å². The highest BCUT2D eigenvalue weighted by atomic mass is 16.2. The summed E-state index contributed by atoms with van der Waals surface area (Å²) in [7, 11) is 0. The van der Waals surface area contributed by atoms with Crippen molar-refractivity contribution in [3.05, 3.63) is 48.2 Å². The number of carbonyl (C=O) groups excluding carboxylic acids is 1. The van der Waals surface area contributed by atoms with Crippen molar-refractivity contribution in [3.63, 3.8) is 0 Å². The summed E-state index contributed by atoms with van der Waals surface area (Å²) in [5, 5.41) is 0. The molecule has 1 aliphatic heterocycles. The van der Waals surface area contributed by atoms with Gasteiger partial charge in [-0.15, -0.1) is 0 Å². The molecule has 0 bridgehead atoms. The lowest BCUT2D eigenvalue weighted by molar-refractivity contribution is -0.129.